The first-order chi connectivity index (χ1) is 19.9. The average molecular weight is 551 g/mol. The average Bonchev–Trinajstić information content (AvgIpc) is 3.60. The molecule has 2 aromatic heterocycles. The molecule has 1 amide bonds. The summed E-state index contributed by atoms with van der Waals surface area (Å²) in [5.74, 6) is 7.84. The fraction of sp³-hybridized carbons (Fsp3) is 0.419. The first-order valence-corrected chi connectivity index (χ1v) is 14.3. The van der Waals surface area contributed by atoms with Crippen molar-refractivity contribution in [2.75, 3.05) is 48.8 Å². The summed E-state index contributed by atoms with van der Waals surface area (Å²) in [4.78, 5) is 24.1. The number of nitrogens with zero attached hydrogens (tertiary/aromatic N) is 6. The quantitative estimate of drug-likeness (QED) is 0.411. The van der Waals surface area contributed by atoms with Crippen LogP contribution in [0.15, 0.2) is 48.7 Å². The number of piperazine rings is 1. The number of rotatable bonds is 5. The van der Waals surface area contributed by atoms with Crippen LogP contribution in [0, 0.1) is 17.8 Å². The van der Waals surface area contributed by atoms with Crippen LogP contribution in [0.3, 0.4) is 0 Å². The van der Waals surface area contributed by atoms with Gasteiger partial charge in [-0.25, -0.2) is 4.98 Å². The number of para-hydroxylation sites is 1. The molecule has 0 spiro atoms. The van der Waals surface area contributed by atoms with Gasteiger partial charge in [-0.3, -0.25) is 9.69 Å². The van der Waals surface area contributed by atoms with E-state index in [1.807, 2.05) is 24.4 Å². The van der Waals surface area contributed by atoms with Crippen LogP contribution in [-0.2, 0) is 4.79 Å². The third-order valence-corrected chi connectivity index (χ3v) is 9.32. The van der Waals surface area contributed by atoms with E-state index < -0.39 is 0 Å². The second kappa shape index (κ2) is 9.93. The molecule has 4 N–H and O–H groups in total. The van der Waals surface area contributed by atoms with Gasteiger partial charge in [-0.05, 0) is 67.9 Å². The summed E-state index contributed by atoms with van der Waals surface area (Å²) in [6, 6.07) is 13.9. The number of aromatic hydroxyl groups is 1. The molecule has 6 heterocycles. The molecule has 5 fully saturated rings. The number of nitrogen functional groups attached to an aromatic ring is 1. The largest absolute Gasteiger partial charge is 0.507 e. The molecule has 1 saturated carbocycles. The van der Waals surface area contributed by atoms with E-state index in [2.05, 4.69) is 59.2 Å². The van der Waals surface area contributed by atoms with E-state index in [1.165, 1.54) is 0 Å². The van der Waals surface area contributed by atoms with Gasteiger partial charge >= 0.3 is 0 Å². The van der Waals surface area contributed by atoms with Gasteiger partial charge in [0, 0.05) is 56.2 Å². The predicted molar refractivity (Wildman–Crippen MR) is 157 cm³/mol. The van der Waals surface area contributed by atoms with Gasteiger partial charge in [0.25, 0.3) is 0 Å². The number of phenols is 1. The summed E-state index contributed by atoms with van der Waals surface area (Å²) in [5.41, 5.74) is 9.93. The SMILES string of the molecule is CNC(=O)C12CC(CN1CC#Cc1cc(N3C4CCC3CN(c3cc(-c5ccccc5O)nnc3N)C4)ccn1)C2. The second-order valence-electron chi connectivity index (χ2n) is 11.7. The van der Waals surface area contributed by atoms with Gasteiger partial charge in [-0.15, -0.1) is 10.2 Å². The van der Waals surface area contributed by atoms with Crippen molar-refractivity contribution in [3.8, 4) is 28.8 Å². The van der Waals surface area contributed by atoms with Crippen LogP contribution in [0.25, 0.3) is 11.3 Å². The Morgan fingerprint density at radius 2 is 1.90 bits per heavy atom. The van der Waals surface area contributed by atoms with Crippen LogP contribution in [0.1, 0.15) is 31.4 Å². The van der Waals surface area contributed by atoms with Crippen LogP contribution in [-0.4, -0.2) is 81.9 Å². The molecule has 4 saturated heterocycles. The first kappa shape index (κ1) is 25.6. The first-order valence-electron chi connectivity index (χ1n) is 14.3. The number of benzene rings is 1. The van der Waals surface area contributed by atoms with Gasteiger partial charge in [0.15, 0.2) is 5.82 Å². The van der Waals surface area contributed by atoms with Crippen molar-refractivity contribution in [3.63, 3.8) is 0 Å². The Balaban J connectivity index is 1.07. The van der Waals surface area contributed by atoms with Gasteiger partial charge in [-0.1, -0.05) is 18.1 Å². The summed E-state index contributed by atoms with van der Waals surface area (Å²) in [7, 11) is 1.71. The number of amides is 1. The lowest BCUT2D eigenvalue weighted by molar-refractivity contribution is -0.133. The highest BCUT2D eigenvalue weighted by atomic mass is 16.3. The smallest absolute Gasteiger partial charge is 0.240 e. The van der Waals surface area contributed by atoms with Crippen LogP contribution in [0.2, 0.25) is 0 Å². The number of aromatic nitrogens is 3. The lowest BCUT2D eigenvalue weighted by Gasteiger charge is -2.43. The third kappa shape index (κ3) is 4.32. The molecule has 3 aromatic rings. The molecule has 10 nitrogen and oxygen atoms in total. The van der Waals surface area contributed by atoms with Crippen LogP contribution in [0.5, 0.6) is 5.75 Å². The van der Waals surface area contributed by atoms with Crippen molar-refractivity contribution in [2.45, 2.75) is 43.3 Å². The Kier molecular flexibility index (Phi) is 6.20. The van der Waals surface area contributed by atoms with Crippen molar-refractivity contribution in [1.82, 2.24) is 25.4 Å². The number of fused-ring (bicyclic) bond motifs is 3. The van der Waals surface area contributed by atoms with E-state index in [-0.39, 0.29) is 17.2 Å². The molecule has 5 aliphatic rings. The molecule has 2 unspecified atom stereocenters. The Bertz CT molecular complexity index is 1540. The summed E-state index contributed by atoms with van der Waals surface area (Å²) in [5, 5.41) is 21.6. The number of hydrogen-bond acceptors (Lipinski definition) is 9. The molecule has 1 aliphatic carbocycles. The second-order valence-corrected chi connectivity index (χ2v) is 11.7. The minimum atomic E-state index is -0.363. The van der Waals surface area contributed by atoms with Crippen molar-refractivity contribution in [2.24, 2.45) is 5.92 Å². The van der Waals surface area contributed by atoms with E-state index in [0.717, 1.165) is 62.4 Å². The minimum absolute atomic E-state index is 0.113. The predicted octanol–water partition coefficient (Wildman–Crippen LogP) is 2.25. The maximum Gasteiger partial charge on any atom is 0.240 e. The van der Waals surface area contributed by atoms with Crippen LogP contribution < -0.4 is 20.9 Å². The van der Waals surface area contributed by atoms with Gasteiger partial charge in [0.2, 0.25) is 5.91 Å². The Hall–Kier alpha value is -4.36. The fourth-order valence-corrected chi connectivity index (χ4v) is 7.41. The highest BCUT2D eigenvalue weighted by Gasteiger charge is 2.60. The number of carbonyl (C=O) groups excluding carboxylic acids is 1. The Labute approximate surface area is 239 Å². The lowest BCUT2D eigenvalue weighted by atomic mass is 9.72. The van der Waals surface area contributed by atoms with Gasteiger partial charge in [0.05, 0.1) is 17.9 Å². The summed E-state index contributed by atoms with van der Waals surface area (Å²) in [6.07, 6.45) is 5.90. The Morgan fingerprint density at radius 3 is 2.66 bits per heavy atom. The number of phenolic OH excluding ortho intramolecular Hbond substituents is 1. The van der Waals surface area contributed by atoms with Crippen LogP contribution >= 0.6 is 0 Å². The molecule has 8 rings (SSSR count). The molecular weight excluding hydrogens is 516 g/mol. The van der Waals surface area contributed by atoms with Gasteiger partial charge in [0.1, 0.15) is 17.0 Å². The van der Waals surface area contributed by atoms with Crippen molar-refractivity contribution < 1.29 is 9.90 Å². The van der Waals surface area contributed by atoms with Crippen molar-refractivity contribution in [3.05, 3.63) is 54.4 Å². The van der Waals surface area contributed by atoms with E-state index in [0.29, 0.717) is 41.6 Å². The number of carbonyl (C=O) groups is 1. The zero-order valence-corrected chi connectivity index (χ0v) is 23.1. The van der Waals surface area contributed by atoms with Crippen molar-refractivity contribution in [1.29, 1.82) is 0 Å². The van der Waals surface area contributed by atoms with E-state index in [9.17, 15) is 9.90 Å². The van der Waals surface area contributed by atoms with E-state index >= 15 is 0 Å². The third-order valence-electron chi connectivity index (χ3n) is 9.32. The minimum Gasteiger partial charge on any atom is -0.507 e. The normalized spacial score (nSPS) is 26.3. The van der Waals surface area contributed by atoms with Crippen LogP contribution in [0.4, 0.5) is 17.2 Å². The highest BCUT2D eigenvalue weighted by Crippen LogP contribution is 2.50. The summed E-state index contributed by atoms with van der Waals surface area (Å²) < 4.78 is 0. The topological polar surface area (TPSA) is 124 Å². The number of anilines is 3. The molecule has 210 valence electrons. The number of nitrogens with two attached hydrogens (primary N) is 1. The fourth-order valence-electron chi connectivity index (χ4n) is 7.41. The molecule has 1 aromatic carbocycles. The molecule has 10 heteroatoms. The molecule has 2 atom stereocenters. The van der Waals surface area contributed by atoms with Gasteiger partial charge < -0.3 is 26.0 Å². The molecular formula is C31H34N8O2. The summed E-state index contributed by atoms with van der Waals surface area (Å²) >= 11 is 0. The van der Waals surface area contributed by atoms with E-state index in [4.69, 9.17) is 5.73 Å². The molecule has 4 aliphatic heterocycles. The maximum absolute atomic E-state index is 12.5. The standard InChI is InChI=1S/C31H34N8O2/c1-33-30(41)31-15-20(16-31)17-38(31)12-4-5-21-13-22(10-11-34-21)39-23-8-9-24(39)19-37(18-23)27-14-26(35-36-29(27)32)25-6-2-3-7-28(25)40/h2-3,6-7,10-11,13-14,20,23-24,40H,8-9,12,15-19H2,1H3,(H2,32,36)(H,33,41). The highest BCUT2D eigenvalue weighted by molar-refractivity contribution is 5.88. The van der Waals surface area contributed by atoms with Gasteiger partial charge in [-0.2, -0.15) is 0 Å². The van der Waals surface area contributed by atoms with Crippen molar-refractivity contribution >= 4 is 23.1 Å². The number of hydrogen-bond donors (Lipinski definition) is 3. The summed E-state index contributed by atoms with van der Waals surface area (Å²) in [6.45, 7) is 3.14. The zero-order valence-electron chi connectivity index (χ0n) is 23.1. The molecule has 0 radical (unpaired) electrons. The molecule has 41 heavy (non-hydrogen) atoms. The Morgan fingerprint density at radius 1 is 1.12 bits per heavy atom. The monoisotopic (exact) mass is 550 g/mol. The number of pyridine rings is 1. The number of nitrogens with one attached hydrogen (secondary N) is 1. The zero-order chi connectivity index (χ0) is 28.1. The maximum atomic E-state index is 12.5. The van der Waals surface area contributed by atoms with E-state index in [1.54, 1.807) is 19.2 Å². The number of likely N-dealkylation sites (N-methyl/N-ethyl adjacent to an activating group) is 1. The molecule has 4 bridgehead atoms. The lowest BCUT2D eigenvalue weighted by Crippen LogP contribution is -2.56.